The minimum absolute atomic E-state index is 0.118. The van der Waals surface area contributed by atoms with Crippen molar-refractivity contribution < 1.29 is 4.79 Å². The Kier molecular flexibility index (Phi) is 4.74. The molecule has 0 N–H and O–H groups in total. The fourth-order valence-corrected chi connectivity index (χ4v) is 3.85. The molecule has 0 saturated carbocycles. The van der Waals surface area contributed by atoms with E-state index in [1.807, 2.05) is 0 Å². The molecule has 1 aliphatic carbocycles. The van der Waals surface area contributed by atoms with E-state index in [4.69, 9.17) is 0 Å². The molecule has 1 aliphatic heterocycles. The van der Waals surface area contributed by atoms with E-state index in [0.717, 1.165) is 37.9 Å². The number of likely N-dealkylation sites (tertiary alicyclic amines) is 1. The first-order valence-corrected chi connectivity index (χ1v) is 8.69. The van der Waals surface area contributed by atoms with E-state index < -0.39 is 0 Å². The molecule has 0 aromatic heterocycles. The average Bonchev–Trinajstić information content (AvgIpc) is 3.18. The van der Waals surface area contributed by atoms with E-state index in [-0.39, 0.29) is 6.04 Å². The number of benzene rings is 1. The minimum atomic E-state index is 0.118. The summed E-state index contributed by atoms with van der Waals surface area (Å²) >= 11 is 0. The van der Waals surface area contributed by atoms with E-state index in [0.29, 0.717) is 5.78 Å². The lowest BCUT2D eigenvalue weighted by Gasteiger charge is -2.26. The van der Waals surface area contributed by atoms with Crippen LogP contribution in [-0.2, 0) is 12.8 Å². The molecule has 0 unspecified atom stereocenters. The van der Waals surface area contributed by atoms with E-state index in [1.165, 1.54) is 43.2 Å². The zero-order valence-electron chi connectivity index (χ0n) is 13.2. The summed E-state index contributed by atoms with van der Waals surface area (Å²) in [5.74, 6) is 0.361. The van der Waals surface area contributed by atoms with Crippen LogP contribution in [0.4, 0.5) is 0 Å². The predicted molar refractivity (Wildman–Crippen MR) is 86.9 cm³/mol. The second-order valence-corrected chi connectivity index (χ2v) is 6.60. The molecule has 0 radical (unpaired) electrons. The maximum Gasteiger partial charge on any atom is 0.179 e. The average molecular weight is 285 g/mol. The standard InChI is InChI=1S/C19H27NO/c1-2-3-9-18(20-12-4-5-13-20)19(21)17-11-10-15-7-6-8-16(15)14-17/h10-11,14,18H,2-9,12-13H2,1H3/t18-/m1/s1. The Morgan fingerprint density at radius 2 is 1.90 bits per heavy atom. The van der Waals surface area contributed by atoms with Crippen LogP contribution in [0.15, 0.2) is 18.2 Å². The van der Waals surface area contributed by atoms with Gasteiger partial charge in [0.05, 0.1) is 6.04 Å². The summed E-state index contributed by atoms with van der Waals surface area (Å²) in [6, 6.07) is 6.56. The maximum absolute atomic E-state index is 13.0. The molecule has 1 aromatic rings. The van der Waals surface area contributed by atoms with Gasteiger partial charge in [-0.2, -0.15) is 0 Å². The second kappa shape index (κ2) is 6.74. The highest BCUT2D eigenvalue weighted by Crippen LogP contribution is 2.25. The van der Waals surface area contributed by atoms with Crippen LogP contribution in [0, 0.1) is 0 Å². The smallest absolute Gasteiger partial charge is 0.179 e. The molecule has 114 valence electrons. The Morgan fingerprint density at radius 1 is 1.14 bits per heavy atom. The molecule has 2 nitrogen and oxygen atoms in total. The van der Waals surface area contributed by atoms with Gasteiger partial charge in [0.2, 0.25) is 0 Å². The fourth-order valence-electron chi connectivity index (χ4n) is 3.85. The van der Waals surface area contributed by atoms with Gasteiger partial charge < -0.3 is 0 Å². The summed E-state index contributed by atoms with van der Waals surface area (Å²) < 4.78 is 0. The SMILES string of the molecule is CCCC[C@H](C(=O)c1ccc2c(c1)CCC2)N1CCCC1. The van der Waals surface area contributed by atoms with Crippen molar-refractivity contribution in [2.45, 2.75) is 64.3 Å². The lowest BCUT2D eigenvalue weighted by atomic mass is 9.96. The van der Waals surface area contributed by atoms with Gasteiger partial charge in [-0.1, -0.05) is 31.9 Å². The largest absolute Gasteiger partial charge is 0.293 e. The molecule has 1 aromatic carbocycles. The van der Waals surface area contributed by atoms with Crippen molar-refractivity contribution in [3.05, 3.63) is 34.9 Å². The Hall–Kier alpha value is -1.15. The molecule has 1 heterocycles. The first kappa shape index (κ1) is 14.8. The fraction of sp³-hybridized carbons (Fsp3) is 0.632. The van der Waals surface area contributed by atoms with Crippen molar-refractivity contribution in [3.63, 3.8) is 0 Å². The summed E-state index contributed by atoms with van der Waals surface area (Å²) in [5.41, 5.74) is 3.82. The van der Waals surface area contributed by atoms with Gasteiger partial charge in [0.15, 0.2) is 5.78 Å². The highest BCUT2D eigenvalue weighted by Gasteiger charge is 2.28. The summed E-state index contributed by atoms with van der Waals surface area (Å²) in [6.45, 7) is 4.41. The summed E-state index contributed by atoms with van der Waals surface area (Å²) in [7, 11) is 0. The molecule has 3 rings (SSSR count). The normalized spacial score (nSPS) is 19.7. The number of Topliss-reactive ketones (excluding diaryl/α,β-unsaturated/α-hetero) is 1. The Morgan fingerprint density at radius 3 is 2.67 bits per heavy atom. The lowest BCUT2D eigenvalue weighted by Crippen LogP contribution is -2.39. The Labute approximate surface area is 128 Å². The first-order valence-electron chi connectivity index (χ1n) is 8.69. The summed E-state index contributed by atoms with van der Waals surface area (Å²) in [5, 5.41) is 0. The van der Waals surface area contributed by atoms with Crippen LogP contribution in [0.2, 0.25) is 0 Å². The first-order chi connectivity index (χ1) is 10.3. The third-order valence-corrected chi connectivity index (χ3v) is 5.10. The van der Waals surface area contributed by atoms with Crippen molar-refractivity contribution in [1.29, 1.82) is 0 Å². The molecule has 21 heavy (non-hydrogen) atoms. The number of hydrogen-bond acceptors (Lipinski definition) is 2. The minimum Gasteiger partial charge on any atom is -0.293 e. The van der Waals surface area contributed by atoms with Crippen LogP contribution in [-0.4, -0.2) is 29.8 Å². The number of aryl methyl sites for hydroxylation is 2. The molecule has 2 aliphatic rings. The lowest BCUT2D eigenvalue weighted by molar-refractivity contribution is 0.0835. The van der Waals surface area contributed by atoms with E-state index in [2.05, 4.69) is 30.0 Å². The zero-order chi connectivity index (χ0) is 14.7. The molecule has 0 bridgehead atoms. The van der Waals surface area contributed by atoms with Gasteiger partial charge in [-0.3, -0.25) is 9.69 Å². The molecule has 1 atom stereocenters. The number of carbonyl (C=O) groups is 1. The van der Waals surface area contributed by atoms with Crippen molar-refractivity contribution in [1.82, 2.24) is 4.90 Å². The monoisotopic (exact) mass is 285 g/mol. The van der Waals surface area contributed by atoms with E-state index >= 15 is 0 Å². The molecule has 0 spiro atoms. The molecule has 1 saturated heterocycles. The maximum atomic E-state index is 13.0. The number of fused-ring (bicyclic) bond motifs is 1. The van der Waals surface area contributed by atoms with Gasteiger partial charge in [-0.25, -0.2) is 0 Å². The van der Waals surface area contributed by atoms with Gasteiger partial charge in [0, 0.05) is 5.56 Å². The topological polar surface area (TPSA) is 20.3 Å². The molecule has 2 heteroatoms. The third-order valence-electron chi connectivity index (χ3n) is 5.10. The highest BCUT2D eigenvalue weighted by molar-refractivity contribution is 6.00. The predicted octanol–water partition coefficient (Wildman–Crippen LogP) is 4.01. The van der Waals surface area contributed by atoms with Gasteiger partial charge in [0.1, 0.15) is 0 Å². The Balaban J connectivity index is 1.79. The van der Waals surface area contributed by atoms with E-state index in [1.54, 1.807) is 0 Å². The van der Waals surface area contributed by atoms with Gasteiger partial charge in [-0.15, -0.1) is 0 Å². The van der Waals surface area contributed by atoms with Crippen molar-refractivity contribution >= 4 is 5.78 Å². The van der Waals surface area contributed by atoms with Crippen LogP contribution in [0.3, 0.4) is 0 Å². The molecule has 1 fully saturated rings. The number of carbonyl (C=O) groups excluding carboxylic acids is 1. The van der Waals surface area contributed by atoms with Crippen molar-refractivity contribution in [2.24, 2.45) is 0 Å². The summed E-state index contributed by atoms with van der Waals surface area (Å²) in [6.07, 6.45) is 9.43. The second-order valence-electron chi connectivity index (χ2n) is 6.60. The number of hydrogen-bond donors (Lipinski definition) is 0. The molecular weight excluding hydrogens is 258 g/mol. The molecular formula is C19H27NO. The Bertz CT molecular complexity index is 502. The highest BCUT2D eigenvalue weighted by atomic mass is 16.1. The van der Waals surface area contributed by atoms with Gasteiger partial charge in [0.25, 0.3) is 0 Å². The number of rotatable bonds is 6. The molecule has 0 amide bonds. The van der Waals surface area contributed by atoms with Crippen LogP contribution in [0.5, 0.6) is 0 Å². The van der Waals surface area contributed by atoms with Crippen molar-refractivity contribution in [2.75, 3.05) is 13.1 Å². The van der Waals surface area contributed by atoms with E-state index in [9.17, 15) is 4.79 Å². The number of unbranched alkanes of at least 4 members (excludes halogenated alkanes) is 1. The quantitative estimate of drug-likeness (QED) is 0.736. The van der Waals surface area contributed by atoms with Crippen LogP contribution in [0.1, 0.15) is 66.9 Å². The number of nitrogens with zero attached hydrogens (tertiary/aromatic N) is 1. The number of ketones is 1. The zero-order valence-corrected chi connectivity index (χ0v) is 13.2. The van der Waals surface area contributed by atoms with Crippen LogP contribution in [0.25, 0.3) is 0 Å². The van der Waals surface area contributed by atoms with Crippen molar-refractivity contribution in [3.8, 4) is 0 Å². The third kappa shape index (κ3) is 3.21. The van der Waals surface area contributed by atoms with Crippen LogP contribution >= 0.6 is 0 Å². The van der Waals surface area contributed by atoms with Gasteiger partial charge >= 0.3 is 0 Å². The van der Waals surface area contributed by atoms with Crippen LogP contribution < -0.4 is 0 Å². The summed E-state index contributed by atoms with van der Waals surface area (Å²) in [4.78, 5) is 15.4. The van der Waals surface area contributed by atoms with Gasteiger partial charge in [-0.05, 0) is 68.8 Å².